The van der Waals surface area contributed by atoms with E-state index < -0.39 is 5.97 Å². The van der Waals surface area contributed by atoms with Gasteiger partial charge in [-0.2, -0.15) is 0 Å². The number of hydrogen-bond donors (Lipinski definition) is 0. The molecule has 0 bridgehead atoms. The third-order valence-electron chi connectivity index (χ3n) is 5.93. The van der Waals surface area contributed by atoms with E-state index >= 15 is 0 Å². The van der Waals surface area contributed by atoms with Gasteiger partial charge in [-0.3, -0.25) is 9.69 Å². The number of hydrogen-bond acceptors (Lipinski definition) is 6. The van der Waals surface area contributed by atoms with Crippen LogP contribution in [0.4, 0.5) is 4.39 Å². The molecule has 178 valence electrons. The Hall–Kier alpha value is -3.04. The maximum absolute atomic E-state index is 13.9. The molecule has 1 unspecified atom stereocenters. The minimum Gasteiger partial charge on any atom is -0.464 e. The third kappa shape index (κ3) is 5.90. The molecule has 1 aromatic heterocycles. The molecule has 1 fully saturated rings. The zero-order valence-corrected chi connectivity index (χ0v) is 20.3. The monoisotopic (exact) mass is 529 g/mol. The van der Waals surface area contributed by atoms with Crippen molar-refractivity contribution in [2.45, 2.75) is 18.9 Å². The molecule has 1 saturated heterocycles. The molecule has 3 aromatic rings. The van der Waals surface area contributed by atoms with Crippen molar-refractivity contribution < 1.29 is 23.1 Å². The third-order valence-corrected chi connectivity index (χ3v) is 6.46. The summed E-state index contributed by atoms with van der Waals surface area (Å²) in [6.45, 7) is 2.90. The van der Waals surface area contributed by atoms with E-state index in [4.69, 9.17) is 4.42 Å². The lowest BCUT2D eigenvalue weighted by Crippen LogP contribution is -2.48. The van der Waals surface area contributed by atoms with Gasteiger partial charge in [-0.1, -0.05) is 40.2 Å². The molecule has 1 amide bonds. The van der Waals surface area contributed by atoms with E-state index in [9.17, 15) is 14.0 Å². The fourth-order valence-electron chi connectivity index (χ4n) is 4.08. The Morgan fingerprint density at radius 1 is 1.12 bits per heavy atom. The number of amides is 1. The minimum atomic E-state index is -0.538. The number of nitrogens with zero attached hydrogens (tertiary/aromatic N) is 3. The second kappa shape index (κ2) is 10.9. The zero-order chi connectivity index (χ0) is 24.1. The number of piperazine rings is 1. The summed E-state index contributed by atoms with van der Waals surface area (Å²) in [5.74, 6) is -0.632. The highest BCUT2D eigenvalue weighted by molar-refractivity contribution is 9.10. The normalized spacial score (nSPS) is 15.2. The van der Waals surface area contributed by atoms with Crippen LogP contribution in [0.2, 0.25) is 0 Å². The van der Waals surface area contributed by atoms with Gasteiger partial charge in [-0.15, -0.1) is 0 Å². The Morgan fingerprint density at radius 2 is 1.85 bits per heavy atom. The van der Waals surface area contributed by atoms with Crippen LogP contribution < -0.4 is 0 Å². The number of benzene rings is 2. The van der Waals surface area contributed by atoms with E-state index in [1.807, 2.05) is 35.2 Å². The highest BCUT2D eigenvalue weighted by atomic mass is 79.9. The number of carbonyl (C=O) groups excluding carboxylic acids is 2. The van der Waals surface area contributed by atoms with Crippen LogP contribution in [0, 0.1) is 5.82 Å². The van der Waals surface area contributed by atoms with E-state index in [1.54, 1.807) is 6.07 Å². The van der Waals surface area contributed by atoms with Gasteiger partial charge in [0.05, 0.1) is 13.7 Å². The van der Waals surface area contributed by atoms with Crippen LogP contribution in [-0.4, -0.2) is 59.9 Å². The number of oxazole rings is 1. The van der Waals surface area contributed by atoms with Gasteiger partial charge in [-0.25, -0.2) is 14.2 Å². The number of aromatic nitrogens is 1. The van der Waals surface area contributed by atoms with Gasteiger partial charge in [0.1, 0.15) is 12.1 Å². The van der Waals surface area contributed by atoms with Crippen LogP contribution in [0.15, 0.2) is 63.7 Å². The van der Waals surface area contributed by atoms with Crippen molar-refractivity contribution in [1.29, 1.82) is 0 Å². The van der Waals surface area contributed by atoms with Crippen molar-refractivity contribution in [3.8, 4) is 0 Å². The summed E-state index contributed by atoms with van der Waals surface area (Å²) >= 11 is 3.44. The standard InChI is InChI=1S/C25H25BrFN3O4/c1-33-25(32)22-16-34-23(28-22)15-29-9-11-30(12-10-29)24(31)14-21(17-5-7-19(26)8-6-17)18-3-2-4-20(27)13-18/h2-8,13,16,21H,9-12,14-15H2,1H3. The van der Waals surface area contributed by atoms with Crippen molar-refractivity contribution in [1.82, 2.24) is 14.8 Å². The van der Waals surface area contributed by atoms with Gasteiger partial charge in [0, 0.05) is 43.0 Å². The molecule has 4 rings (SSSR count). The molecule has 7 nitrogen and oxygen atoms in total. The van der Waals surface area contributed by atoms with Crippen LogP contribution in [0.5, 0.6) is 0 Å². The van der Waals surface area contributed by atoms with E-state index in [0.717, 1.165) is 15.6 Å². The largest absolute Gasteiger partial charge is 0.464 e. The summed E-state index contributed by atoms with van der Waals surface area (Å²) < 4.78 is 24.9. The van der Waals surface area contributed by atoms with Gasteiger partial charge in [-0.05, 0) is 35.4 Å². The SMILES string of the molecule is COC(=O)c1coc(CN2CCN(C(=O)CC(c3ccc(Br)cc3)c3cccc(F)c3)CC2)n1. The maximum atomic E-state index is 13.9. The highest BCUT2D eigenvalue weighted by Crippen LogP contribution is 2.30. The summed E-state index contributed by atoms with van der Waals surface area (Å²) in [6, 6.07) is 14.2. The van der Waals surface area contributed by atoms with Crippen molar-refractivity contribution >= 4 is 27.8 Å². The molecule has 1 aliphatic heterocycles. The predicted molar refractivity (Wildman–Crippen MR) is 127 cm³/mol. The van der Waals surface area contributed by atoms with Gasteiger partial charge in [0.25, 0.3) is 0 Å². The molecule has 2 aromatic carbocycles. The summed E-state index contributed by atoms with van der Waals surface area (Å²) in [4.78, 5) is 32.9. The molecular formula is C25H25BrFN3O4. The van der Waals surface area contributed by atoms with Crippen molar-refractivity contribution in [2.24, 2.45) is 0 Å². The lowest BCUT2D eigenvalue weighted by molar-refractivity contribution is -0.133. The number of carbonyl (C=O) groups is 2. The number of methoxy groups -OCH3 is 1. The first-order valence-electron chi connectivity index (χ1n) is 11.0. The quantitative estimate of drug-likeness (QED) is 0.426. The van der Waals surface area contributed by atoms with Gasteiger partial charge in [0.2, 0.25) is 11.8 Å². The highest BCUT2D eigenvalue weighted by Gasteiger charge is 2.26. The minimum absolute atomic E-state index is 0.0286. The van der Waals surface area contributed by atoms with Crippen molar-refractivity contribution in [2.75, 3.05) is 33.3 Å². The average molecular weight is 530 g/mol. The molecule has 9 heteroatoms. The summed E-state index contributed by atoms with van der Waals surface area (Å²) in [5, 5.41) is 0. The van der Waals surface area contributed by atoms with Gasteiger partial charge in [0.15, 0.2) is 5.69 Å². The van der Waals surface area contributed by atoms with Gasteiger partial charge < -0.3 is 14.1 Å². The topological polar surface area (TPSA) is 75.9 Å². The predicted octanol–water partition coefficient (Wildman–Crippen LogP) is 4.23. The molecule has 1 aliphatic rings. The lowest BCUT2D eigenvalue weighted by atomic mass is 9.88. The average Bonchev–Trinajstić information content (AvgIpc) is 3.31. The molecule has 0 saturated carbocycles. The van der Waals surface area contributed by atoms with E-state index in [1.165, 1.54) is 25.5 Å². The van der Waals surface area contributed by atoms with Gasteiger partial charge >= 0.3 is 5.97 Å². The summed E-state index contributed by atoms with van der Waals surface area (Å²) in [6.07, 6.45) is 1.54. The molecular weight excluding hydrogens is 505 g/mol. The van der Waals surface area contributed by atoms with E-state index in [2.05, 4.69) is 30.6 Å². The van der Waals surface area contributed by atoms with Crippen molar-refractivity contribution in [3.05, 3.63) is 87.8 Å². The Morgan fingerprint density at radius 3 is 2.53 bits per heavy atom. The first kappa shape index (κ1) is 24.1. The fraction of sp³-hybridized carbons (Fsp3) is 0.320. The molecule has 0 radical (unpaired) electrons. The van der Waals surface area contributed by atoms with Crippen LogP contribution in [-0.2, 0) is 16.1 Å². The van der Waals surface area contributed by atoms with Crippen LogP contribution in [0.1, 0.15) is 39.8 Å². The number of ether oxygens (including phenoxy) is 1. The molecule has 1 atom stereocenters. The Bertz CT molecular complexity index is 1140. The van der Waals surface area contributed by atoms with E-state index in [0.29, 0.717) is 38.6 Å². The van der Waals surface area contributed by atoms with E-state index in [-0.39, 0.29) is 29.8 Å². The van der Waals surface area contributed by atoms with Crippen LogP contribution in [0.25, 0.3) is 0 Å². The molecule has 34 heavy (non-hydrogen) atoms. The first-order chi connectivity index (χ1) is 16.4. The number of rotatable bonds is 7. The Balaban J connectivity index is 1.38. The number of halogens is 2. The lowest BCUT2D eigenvalue weighted by Gasteiger charge is -2.35. The van der Waals surface area contributed by atoms with Crippen LogP contribution >= 0.6 is 15.9 Å². The summed E-state index contributed by atoms with van der Waals surface area (Å²) in [7, 11) is 1.29. The first-order valence-corrected chi connectivity index (χ1v) is 11.8. The zero-order valence-electron chi connectivity index (χ0n) is 18.7. The maximum Gasteiger partial charge on any atom is 0.360 e. The Kier molecular flexibility index (Phi) is 7.74. The molecule has 0 aliphatic carbocycles. The van der Waals surface area contributed by atoms with Crippen LogP contribution in [0.3, 0.4) is 0 Å². The second-order valence-electron chi connectivity index (χ2n) is 8.14. The Labute approximate surface area is 205 Å². The number of esters is 1. The smallest absolute Gasteiger partial charge is 0.360 e. The second-order valence-corrected chi connectivity index (χ2v) is 9.05. The molecule has 2 heterocycles. The molecule has 0 spiro atoms. The summed E-state index contributed by atoms with van der Waals surface area (Å²) in [5.41, 5.74) is 1.88. The molecule has 0 N–H and O–H groups in total. The van der Waals surface area contributed by atoms with Crippen molar-refractivity contribution in [3.63, 3.8) is 0 Å². The fourth-order valence-corrected chi connectivity index (χ4v) is 4.34.